The SMILES string of the molecule is CCOC(=O)NC(Cc1c[nH]c2ccccc12)C(=O)N(C#N)CC. The number of ether oxygens (including phenoxy) is 1. The molecule has 2 N–H and O–H groups in total. The zero-order valence-electron chi connectivity index (χ0n) is 13.7. The largest absolute Gasteiger partial charge is 0.450 e. The third-order valence-electron chi connectivity index (χ3n) is 3.67. The van der Waals surface area contributed by atoms with E-state index in [1.54, 1.807) is 20.0 Å². The molecule has 0 spiro atoms. The number of para-hydroxylation sites is 1. The third kappa shape index (κ3) is 3.84. The van der Waals surface area contributed by atoms with E-state index >= 15 is 0 Å². The maximum atomic E-state index is 12.5. The van der Waals surface area contributed by atoms with E-state index in [4.69, 9.17) is 10.00 Å². The van der Waals surface area contributed by atoms with Crippen LogP contribution in [-0.2, 0) is 16.0 Å². The lowest BCUT2D eigenvalue weighted by Gasteiger charge is -2.21. The Morgan fingerprint density at radius 3 is 2.79 bits per heavy atom. The second kappa shape index (κ2) is 8.02. The van der Waals surface area contributed by atoms with Crippen LogP contribution in [0.4, 0.5) is 4.79 Å². The molecule has 0 aliphatic rings. The van der Waals surface area contributed by atoms with Crippen LogP contribution >= 0.6 is 0 Å². The number of rotatable bonds is 6. The topological polar surface area (TPSA) is 98.2 Å². The molecule has 7 nitrogen and oxygen atoms in total. The van der Waals surface area contributed by atoms with Gasteiger partial charge in [0.1, 0.15) is 6.04 Å². The summed E-state index contributed by atoms with van der Waals surface area (Å²) in [6.45, 7) is 3.83. The second-order valence-electron chi connectivity index (χ2n) is 5.16. The Kier molecular flexibility index (Phi) is 5.79. The number of H-pyrrole nitrogens is 1. The Labute approximate surface area is 140 Å². The molecule has 24 heavy (non-hydrogen) atoms. The molecule has 0 saturated carbocycles. The van der Waals surface area contributed by atoms with Crippen molar-refractivity contribution in [2.45, 2.75) is 26.3 Å². The Morgan fingerprint density at radius 1 is 1.38 bits per heavy atom. The third-order valence-corrected chi connectivity index (χ3v) is 3.67. The van der Waals surface area contributed by atoms with Crippen LogP contribution in [0.3, 0.4) is 0 Å². The molecule has 2 amide bonds. The van der Waals surface area contributed by atoms with Crippen molar-refractivity contribution in [3.63, 3.8) is 0 Å². The van der Waals surface area contributed by atoms with Crippen LogP contribution in [0, 0.1) is 11.5 Å². The number of aromatic nitrogens is 1. The van der Waals surface area contributed by atoms with Gasteiger partial charge in [-0.05, 0) is 25.5 Å². The van der Waals surface area contributed by atoms with Gasteiger partial charge < -0.3 is 15.0 Å². The Bertz CT molecular complexity index is 763. The zero-order chi connectivity index (χ0) is 17.5. The van der Waals surface area contributed by atoms with Crippen molar-refractivity contribution >= 4 is 22.9 Å². The summed E-state index contributed by atoms with van der Waals surface area (Å²) in [5.74, 6) is -0.460. The molecule has 1 unspecified atom stereocenters. The van der Waals surface area contributed by atoms with Crippen molar-refractivity contribution in [1.82, 2.24) is 15.2 Å². The number of fused-ring (bicyclic) bond motifs is 1. The van der Waals surface area contributed by atoms with E-state index in [0.717, 1.165) is 21.4 Å². The van der Waals surface area contributed by atoms with E-state index in [-0.39, 0.29) is 19.6 Å². The summed E-state index contributed by atoms with van der Waals surface area (Å²) in [6.07, 6.45) is 3.23. The van der Waals surface area contributed by atoms with Crippen molar-refractivity contribution in [1.29, 1.82) is 5.26 Å². The first-order valence-electron chi connectivity index (χ1n) is 7.80. The fourth-order valence-corrected chi connectivity index (χ4v) is 2.50. The van der Waals surface area contributed by atoms with Crippen LogP contribution in [0.5, 0.6) is 0 Å². The first kappa shape index (κ1) is 17.3. The van der Waals surface area contributed by atoms with Gasteiger partial charge in [-0.3, -0.25) is 4.79 Å². The molecule has 0 fully saturated rings. The quantitative estimate of drug-likeness (QED) is 0.627. The van der Waals surface area contributed by atoms with E-state index in [9.17, 15) is 9.59 Å². The summed E-state index contributed by atoms with van der Waals surface area (Å²) in [5.41, 5.74) is 1.83. The zero-order valence-corrected chi connectivity index (χ0v) is 13.7. The molecule has 0 bridgehead atoms. The number of nitrogens with zero attached hydrogens (tertiary/aromatic N) is 2. The summed E-state index contributed by atoms with van der Waals surface area (Å²) in [5, 5.41) is 12.6. The molecule has 0 saturated heterocycles. The van der Waals surface area contributed by atoms with Crippen molar-refractivity contribution in [3.05, 3.63) is 36.0 Å². The van der Waals surface area contributed by atoms with Crippen LogP contribution in [0.15, 0.2) is 30.5 Å². The average molecular weight is 328 g/mol. The number of hydrogen-bond acceptors (Lipinski definition) is 4. The van der Waals surface area contributed by atoms with Crippen molar-refractivity contribution in [2.24, 2.45) is 0 Å². The number of hydrogen-bond donors (Lipinski definition) is 2. The van der Waals surface area contributed by atoms with Gasteiger partial charge in [-0.2, -0.15) is 5.26 Å². The fourth-order valence-electron chi connectivity index (χ4n) is 2.50. The minimum absolute atomic E-state index is 0.204. The lowest BCUT2D eigenvalue weighted by atomic mass is 10.0. The highest BCUT2D eigenvalue weighted by Gasteiger charge is 2.27. The van der Waals surface area contributed by atoms with Crippen LogP contribution in [-0.4, -0.2) is 41.1 Å². The number of carbonyl (C=O) groups excluding carboxylic acids is 2. The molecule has 0 aliphatic carbocycles. The Morgan fingerprint density at radius 2 is 2.12 bits per heavy atom. The molecule has 1 aromatic carbocycles. The van der Waals surface area contributed by atoms with E-state index in [1.807, 2.05) is 30.5 Å². The smallest absolute Gasteiger partial charge is 0.407 e. The molecule has 1 aromatic heterocycles. The lowest BCUT2D eigenvalue weighted by molar-refractivity contribution is -0.130. The molecule has 2 aromatic rings. The average Bonchev–Trinajstić information content (AvgIpc) is 2.98. The molecule has 7 heteroatoms. The highest BCUT2D eigenvalue weighted by molar-refractivity contribution is 5.89. The minimum atomic E-state index is -0.872. The van der Waals surface area contributed by atoms with Gasteiger partial charge in [-0.15, -0.1) is 0 Å². The van der Waals surface area contributed by atoms with Gasteiger partial charge in [0.2, 0.25) is 0 Å². The number of alkyl carbamates (subject to hydrolysis) is 1. The summed E-state index contributed by atoms with van der Waals surface area (Å²) >= 11 is 0. The number of likely N-dealkylation sites (N-methyl/N-ethyl adjacent to an activating group) is 1. The highest BCUT2D eigenvalue weighted by atomic mass is 16.5. The first-order chi connectivity index (χ1) is 11.6. The van der Waals surface area contributed by atoms with Crippen molar-refractivity contribution < 1.29 is 14.3 Å². The number of benzene rings is 1. The van der Waals surface area contributed by atoms with Crippen LogP contribution in [0.2, 0.25) is 0 Å². The standard InChI is InChI=1S/C17H20N4O3/c1-3-21(11-18)16(22)15(20-17(23)24-4-2)9-12-10-19-14-8-6-5-7-13(12)14/h5-8,10,15,19H,3-4,9H2,1-2H3,(H,20,23). The summed E-state index contributed by atoms with van der Waals surface area (Å²) in [7, 11) is 0. The van der Waals surface area contributed by atoms with E-state index in [1.165, 1.54) is 0 Å². The van der Waals surface area contributed by atoms with Gasteiger partial charge in [0, 0.05) is 30.1 Å². The summed E-state index contributed by atoms with van der Waals surface area (Å²) in [6, 6.07) is 6.82. The molecule has 2 rings (SSSR count). The maximum absolute atomic E-state index is 12.5. The first-order valence-corrected chi connectivity index (χ1v) is 7.80. The Hall–Kier alpha value is -3.01. The van der Waals surface area contributed by atoms with E-state index < -0.39 is 18.0 Å². The minimum Gasteiger partial charge on any atom is -0.450 e. The number of nitriles is 1. The number of carbonyl (C=O) groups is 2. The second-order valence-corrected chi connectivity index (χ2v) is 5.16. The molecule has 0 aliphatic heterocycles. The Balaban J connectivity index is 2.26. The highest BCUT2D eigenvalue weighted by Crippen LogP contribution is 2.19. The lowest BCUT2D eigenvalue weighted by Crippen LogP contribution is -2.48. The molecule has 0 radical (unpaired) electrons. The van der Waals surface area contributed by atoms with Gasteiger partial charge in [0.05, 0.1) is 6.61 Å². The summed E-state index contributed by atoms with van der Waals surface area (Å²) in [4.78, 5) is 28.4. The number of nitrogens with one attached hydrogen (secondary N) is 2. The van der Waals surface area contributed by atoms with Crippen LogP contribution in [0.1, 0.15) is 19.4 Å². The van der Waals surface area contributed by atoms with Gasteiger partial charge in [0.15, 0.2) is 6.19 Å². The molecule has 1 atom stereocenters. The fraction of sp³-hybridized carbons (Fsp3) is 0.353. The predicted molar refractivity (Wildman–Crippen MR) is 88.9 cm³/mol. The maximum Gasteiger partial charge on any atom is 0.407 e. The van der Waals surface area contributed by atoms with Crippen molar-refractivity contribution in [3.8, 4) is 6.19 Å². The van der Waals surface area contributed by atoms with Gasteiger partial charge in [0.25, 0.3) is 5.91 Å². The van der Waals surface area contributed by atoms with E-state index in [2.05, 4.69) is 10.3 Å². The van der Waals surface area contributed by atoms with Gasteiger partial charge >= 0.3 is 6.09 Å². The number of aromatic amines is 1. The number of amides is 2. The molecule has 126 valence electrons. The molecule has 1 heterocycles. The van der Waals surface area contributed by atoms with Gasteiger partial charge in [-0.25, -0.2) is 9.69 Å². The monoisotopic (exact) mass is 328 g/mol. The summed E-state index contributed by atoms with van der Waals surface area (Å²) < 4.78 is 4.86. The predicted octanol–water partition coefficient (Wildman–Crippen LogP) is 2.15. The van der Waals surface area contributed by atoms with Crippen molar-refractivity contribution in [2.75, 3.05) is 13.2 Å². The molecular formula is C17H20N4O3. The normalized spacial score (nSPS) is 11.5. The van der Waals surface area contributed by atoms with Crippen LogP contribution < -0.4 is 5.32 Å². The van der Waals surface area contributed by atoms with Crippen LogP contribution in [0.25, 0.3) is 10.9 Å². The van der Waals surface area contributed by atoms with Gasteiger partial charge in [-0.1, -0.05) is 18.2 Å². The van der Waals surface area contributed by atoms with E-state index in [0.29, 0.717) is 0 Å². The molecular weight excluding hydrogens is 308 g/mol.